The third-order valence-corrected chi connectivity index (χ3v) is 2.61. The van der Waals surface area contributed by atoms with Gasteiger partial charge >= 0.3 is 0 Å². The normalized spacial score (nSPS) is 9.93. The average Bonchev–Trinajstić information content (AvgIpc) is 2.21. The lowest BCUT2D eigenvalue weighted by molar-refractivity contribution is 0.101. The summed E-state index contributed by atoms with van der Waals surface area (Å²) in [5.41, 5.74) is 2.58. The molecule has 0 heterocycles. The summed E-state index contributed by atoms with van der Waals surface area (Å²) in [7, 11) is 3.16. The predicted octanol–water partition coefficient (Wildman–Crippen LogP) is 2.52. The van der Waals surface area contributed by atoms with Gasteiger partial charge in [0.05, 0.1) is 14.2 Å². The molecule has 0 aliphatic heterocycles. The number of ether oxygens (including phenoxy) is 2. The monoisotopic (exact) mass is 208 g/mol. The van der Waals surface area contributed by atoms with E-state index in [0.717, 1.165) is 11.1 Å². The summed E-state index contributed by atoms with van der Waals surface area (Å²) >= 11 is 0. The van der Waals surface area contributed by atoms with Crippen molar-refractivity contribution in [1.82, 2.24) is 0 Å². The van der Waals surface area contributed by atoms with Crippen LogP contribution >= 0.6 is 0 Å². The number of carbonyl (C=O) groups excluding carboxylic acids is 1. The van der Waals surface area contributed by atoms with E-state index < -0.39 is 0 Å². The zero-order chi connectivity index (χ0) is 11.6. The molecule has 0 amide bonds. The van der Waals surface area contributed by atoms with Gasteiger partial charge in [0.15, 0.2) is 17.3 Å². The van der Waals surface area contributed by atoms with Crippen LogP contribution in [0.25, 0.3) is 0 Å². The number of hydrogen-bond acceptors (Lipinski definition) is 3. The van der Waals surface area contributed by atoms with Gasteiger partial charge in [-0.25, -0.2) is 0 Å². The molecule has 0 atom stereocenters. The second kappa shape index (κ2) is 4.34. The summed E-state index contributed by atoms with van der Waals surface area (Å²) in [5.74, 6) is 1.34. The van der Waals surface area contributed by atoms with Crippen LogP contribution in [-0.4, -0.2) is 20.0 Å². The number of rotatable bonds is 3. The quantitative estimate of drug-likeness (QED) is 0.716. The molecule has 1 aromatic rings. The summed E-state index contributed by atoms with van der Waals surface area (Å²) < 4.78 is 10.4. The molecular formula is C12H16O3. The van der Waals surface area contributed by atoms with Gasteiger partial charge in [0, 0.05) is 5.56 Å². The predicted molar refractivity (Wildman–Crippen MR) is 59.0 cm³/mol. The van der Waals surface area contributed by atoms with Gasteiger partial charge in [-0.05, 0) is 38.0 Å². The van der Waals surface area contributed by atoms with Crippen LogP contribution in [0.15, 0.2) is 6.07 Å². The maximum absolute atomic E-state index is 11.4. The van der Waals surface area contributed by atoms with Crippen molar-refractivity contribution in [2.45, 2.75) is 20.8 Å². The molecule has 0 radical (unpaired) electrons. The number of benzene rings is 1. The van der Waals surface area contributed by atoms with Gasteiger partial charge in [0.25, 0.3) is 0 Å². The fourth-order valence-electron chi connectivity index (χ4n) is 1.63. The van der Waals surface area contributed by atoms with E-state index in [4.69, 9.17) is 9.47 Å². The van der Waals surface area contributed by atoms with Crippen LogP contribution in [0, 0.1) is 13.8 Å². The smallest absolute Gasteiger partial charge is 0.163 e. The van der Waals surface area contributed by atoms with E-state index in [1.165, 1.54) is 0 Å². The van der Waals surface area contributed by atoms with Crippen molar-refractivity contribution in [3.05, 3.63) is 22.8 Å². The molecule has 0 N–H and O–H groups in total. The SMILES string of the molecule is COc1cc(C(C)=O)c(C)c(C)c1OC. The van der Waals surface area contributed by atoms with Crippen molar-refractivity contribution in [1.29, 1.82) is 0 Å². The third-order valence-electron chi connectivity index (χ3n) is 2.61. The second-order valence-corrected chi connectivity index (χ2v) is 3.47. The highest BCUT2D eigenvalue weighted by Crippen LogP contribution is 2.35. The summed E-state index contributed by atoms with van der Waals surface area (Å²) in [4.78, 5) is 11.4. The van der Waals surface area contributed by atoms with Crippen LogP contribution in [0.2, 0.25) is 0 Å². The number of hydrogen-bond donors (Lipinski definition) is 0. The molecule has 0 unspecified atom stereocenters. The van der Waals surface area contributed by atoms with E-state index in [2.05, 4.69) is 0 Å². The molecular weight excluding hydrogens is 192 g/mol. The summed E-state index contributed by atoms with van der Waals surface area (Å²) in [5, 5.41) is 0. The van der Waals surface area contributed by atoms with E-state index in [-0.39, 0.29) is 5.78 Å². The Hall–Kier alpha value is -1.51. The second-order valence-electron chi connectivity index (χ2n) is 3.47. The molecule has 1 aromatic carbocycles. The minimum Gasteiger partial charge on any atom is -0.493 e. The van der Waals surface area contributed by atoms with Crippen molar-refractivity contribution >= 4 is 5.78 Å². The minimum absolute atomic E-state index is 0.0385. The Morgan fingerprint density at radius 2 is 1.73 bits per heavy atom. The first kappa shape index (κ1) is 11.6. The molecule has 0 aliphatic rings. The summed E-state index contributed by atoms with van der Waals surface area (Å²) in [6.07, 6.45) is 0. The lowest BCUT2D eigenvalue weighted by Crippen LogP contribution is -2.02. The Morgan fingerprint density at radius 3 is 2.13 bits per heavy atom. The molecule has 0 fully saturated rings. The van der Waals surface area contributed by atoms with Crippen LogP contribution in [-0.2, 0) is 0 Å². The van der Waals surface area contributed by atoms with E-state index in [1.807, 2.05) is 13.8 Å². The molecule has 0 saturated heterocycles. The molecule has 0 spiro atoms. The molecule has 0 bridgehead atoms. The summed E-state index contributed by atoms with van der Waals surface area (Å²) in [6, 6.07) is 1.73. The summed E-state index contributed by atoms with van der Waals surface area (Å²) in [6.45, 7) is 5.38. The van der Waals surface area contributed by atoms with Gasteiger partial charge in [0.1, 0.15) is 0 Å². The lowest BCUT2D eigenvalue weighted by atomic mass is 9.99. The first-order valence-corrected chi connectivity index (χ1v) is 4.76. The average molecular weight is 208 g/mol. The highest BCUT2D eigenvalue weighted by Gasteiger charge is 2.15. The van der Waals surface area contributed by atoms with Crippen molar-refractivity contribution in [2.24, 2.45) is 0 Å². The van der Waals surface area contributed by atoms with Crippen LogP contribution in [0.4, 0.5) is 0 Å². The molecule has 82 valence electrons. The number of ketones is 1. The Bertz CT molecular complexity index is 394. The lowest BCUT2D eigenvalue weighted by Gasteiger charge is -2.15. The number of methoxy groups -OCH3 is 2. The van der Waals surface area contributed by atoms with Crippen LogP contribution in [0.3, 0.4) is 0 Å². The van der Waals surface area contributed by atoms with Gasteiger partial charge in [-0.15, -0.1) is 0 Å². The molecule has 3 nitrogen and oxygen atoms in total. The van der Waals surface area contributed by atoms with Crippen molar-refractivity contribution in [2.75, 3.05) is 14.2 Å². The minimum atomic E-state index is 0.0385. The topological polar surface area (TPSA) is 35.5 Å². The van der Waals surface area contributed by atoms with E-state index >= 15 is 0 Å². The van der Waals surface area contributed by atoms with Crippen LogP contribution in [0.5, 0.6) is 11.5 Å². The largest absolute Gasteiger partial charge is 0.493 e. The molecule has 3 heteroatoms. The molecule has 15 heavy (non-hydrogen) atoms. The van der Waals surface area contributed by atoms with Gasteiger partial charge in [-0.1, -0.05) is 0 Å². The molecule has 0 aliphatic carbocycles. The van der Waals surface area contributed by atoms with E-state index in [0.29, 0.717) is 17.1 Å². The van der Waals surface area contributed by atoms with Crippen LogP contribution in [0.1, 0.15) is 28.4 Å². The number of Topliss-reactive ketones (excluding diaryl/α,β-unsaturated/α-hetero) is 1. The Balaban J connectivity index is 3.49. The maximum atomic E-state index is 11.4. The molecule has 1 rings (SSSR count). The standard InChI is InChI=1S/C12H16O3/c1-7-8(2)12(15-5)11(14-4)6-10(7)9(3)13/h6H,1-5H3. The fourth-order valence-corrected chi connectivity index (χ4v) is 1.63. The zero-order valence-electron chi connectivity index (χ0n) is 9.80. The maximum Gasteiger partial charge on any atom is 0.163 e. The van der Waals surface area contributed by atoms with Gasteiger partial charge in [-0.2, -0.15) is 0 Å². The van der Waals surface area contributed by atoms with Gasteiger partial charge < -0.3 is 9.47 Å². The third kappa shape index (κ3) is 1.96. The first-order valence-electron chi connectivity index (χ1n) is 4.76. The van der Waals surface area contributed by atoms with Crippen molar-refractivity contribution in [3.8, 4) is 11.5 Å². The zero-order valence-corrected chi connectivity index (χ0v) is 9.80. The van der Waals surface area contributed by atoms with E-state index in [9.17, 15) is 4.79 Å². The first-order chi connectivity index (χ1) is 7.02. The Morgan fingerprint density at radius 1 is 1.13 bits per heavy atom. The Labute approximate surface area is 90.0 Å². The van der Waals surface area contributed by atoms with Crippen molar-refractivity contribution in [3.63, 3.8) is 0 Å². The highest BCUT2D eigenvalue weighted by molar-refractivity contribution is 5.96. The highest BCUT2D eigenvalue weighted by atomic mass is 16.5. The number of carbonyl (C=O) groups is 1. The fraction of sp³-hybridized carbons (Fsp3) is 0.417. The van der Waals surface area contributed by atoms with Gasteiger partial charge in [-0.3, -0.25) is 4.79 Å². The van der Waals surface area contributed by atoms with Gasteiger partial charge in [0.2, 0.25) is 0 Å². The van der Waals surface area contributed by atoms with Crippen molar-refractivity contribution < 1.29 is 14.3 Å². The van der Waals surface area contributed by atoms with Crippen LogP contribution < -0.4 is 9.47 Å². The van der Waals surface area contributed by atoms with E-state index in [1.54, 1.807) is 27.2 Å². The molecule has 0 saturated carbocycles. The molecule has 0 aromatic heterocycles. The Kier molecular flexibility index (Phi) is 3.35.